The fourth-order valence-corrected chi connectivity index (χ4v) is 2.57. The van der Waals surface area contributed by atoms with Gasteiger partial charge in [0.15, 0.2) is 5.76 Å². The Morgan fingerprint density at radius 1 is 1.03 bits per heavy atom. The highest BCUT2D eigenvalue weighted by Crippen LogP contribution is 2.27. The number of pyridine rings is 1. The summed E-state index contributed by atoms with van der Waals surface area (Å²) in [7, 11) is 2.99. The van der Waals surface area contributed by atoms with E-state index in [0.29, 0.717) is 22.8 Å². The number of benzene rings is 1. The van der Waals surface area contributed by atoms with E-state index >= 15 is 0 Å². The second-order valence-electron chi connectivity index (χ2n) is 5.77. The van der Waals surface area contributed by atoms with Crippen LogP contribution < -0.4 is 14.8 Å². The van der Waals surface area contributed by atoms with Crippen LogP contribution in [0.25, 0.3) is 0 Å². The van der Waals surface area contributed by atoms with Crippen LogP contribution in [-0.4, -0.2) is 25.1 Å². The van der Waals surface area contributed by atoms with Gasteiger partial charge in [-0.25, -0.2) is 0 Å². The average Bonchev–Trinajstić information content (AvgIpc) is 3.18. The zero-order valence-corrected chi connectivity index (χ0v) is 15.2. The number of hydrogen-bond donors (Lipinski definition) is 1. The predicted octanol–water partition coefficient (Wildman–Crippen LogP) is 4.09. The Labute approximate surface area is 162 Å². The van der Waals surface area contributed by atoms with Crippen LogP contribution in [-0.2, 0) is 6.42 Å². The molecule has 1 N–H and O–H groups in total. The molecule has 0 saturated heterocycles. The molecule has 0 radical (unpaired) electrons. The van der Waals surface area contributed by atoms with Crippen molar-refractivity contribution in [2.45, 2.75) is 6.42 Å². The summed E-state index contributed by atoms with van der Waals surface area (Å²) >= 11 is 0. The maximum atomic E-state index is 13.7. The fourth-order valence-electron chi connectivity index (χ4n) is 2.57. The summed E-state index contributed by atoms with van der Waals surface area (Å²) in [6.45, 7) is 0. The smallest absolute Gasteiger partial charge is 0.291 e. The molecule has 1 amide bonds. The molecular formula is C19H14F4N2O4. The lowest BCUT2D eigenvalue weighted by molar-refractivity contribution is 0.0994. The third-order valence-corrected chi connectivity index (χ3v) is 3.97. The van der Waals surface area contributed by atoms with Crippen molar-refractivity contribution in [2.75, 3.05) is 19.5 Å². The van der Waals surface area contributed by atoms with Crippen molar-refractivity contribution in [2.24, 2.45) is 0 Å². The molecule has 3 aromatic rings. The number of methoxy groups -OCH3 is 2. The van der Waals surface area contributed by atoms with Crippen molar-refractivity contribution in [3.8, 4) is 11.5 Å². The van der Waals surface area contributed by atoms with Crippen LogP contribution in [0, 0.1) is 23.5 Å². The molecule has 3 rings (SSSR count). The minimum absolute atomic E-state index is 0.217. The van der Waals surface area contributed by atoms with E-state index in [2.05, 4.69) is 4.98 Å². The van der Waals surface area contributed by atoms with Crippen molar-refractivity contribution in [3.05, 3.63) is 70.9 Å². The second-order valence-corrected chi connectivity index (χ2v) is 5.77. The Morgan fingerprint density at radius 2 is 1.72 bits per heavy atom. The minimum Gasteiger partial charge on any atom is -0.497 e. The van der Waals surface area contributed by atoms with Crippen LogP contribution in [0.3, 0.4) is 0 Å². The van der Waals surface area contributed by atoms with Crippen LogP contribution in [0.2, 0.25) is 0 Å². The molecule has 10 heteroatoms. The topological polar surface area (TPSA) is 73.6 Å². The Morgan fingerprint density at radius 3 is 2.34 bits per heavy atom. The predicted molar refractivity (Wildman–Crippen MR) is 93.1 cm³/mol. The summed E-state index contributed by atoms with van der Waals surface area (Å²) in [5, 5.41) is 1.75. The van der Waals surface area contributed by atoms with E-state index in [9.17, 15) is 22.4 Å². The lowest BCUT2D eigenvalue weighted by atomic mass is 10.1. The van der Waals surface area contributed by atoms with Gasteiger partial charge in [0.1, 0.15) is 22.9 Å². The Hall–Kier alpha value is -3.56. The maximum absolute atomic E-state index is 13.7. The molecule has 0 bridgehead atoms. The Kier molecular flexibility index (Phi) is 5.71. The van der Waals surface area contributed by atoms with E-state index in [-0.39, 0.29) is 12.2 Å². The highest BCUT2D eigenvalue weighted by molar-refractivity contribution is 6.02. The average molecular weight is 410 g/mol. The number of carbonyl (C=O) groups is 1. The molecule has 0 spiro atoms. The molecule has 2 aromatic heterocycles. The number of nitrogens with zero attached hydrogens (tertiary/aromatic N) is 1. The number of ether oxygens (including phenoxy) is 2. The third-order valence-electron chi connectivity index (χ3n) is 3.97. The first kappa shape index (κ1) is 20.2. The van der Waals surface area contributed by atoms with E-state index in [1.54, 1.807) is 23.5 Å². The standard InChI is InChI=1S/C19H14F4N2O4/c1-27-10-3-5-12(28-2)9(7-10)8-11-4-6-13(29-11)19(26)24-16-14(20)17(22)25-18(23)15(16)21/h3-7H,8H2,1-2H3,(H,24,25,26). The number of rotatable bonds is 6. The molecule has 1 aromatic carbocycles. The summed E-state index contributed by atoms with van der Waals surface area (Å²) < 4.78 is 69.4. The summed E-state index contributed by atoms with van der Waals surface area (Å²) in [4.78, 5) is 14.6. The molecule has 0 saturated carbocycles. The number of aromatic nitrogens is 1. The SMILES string of the molecule is COc1ccc(OC)c(Cc2ccc(C(=O)Nc3c(F)c(F)nc(F)c3F)o2)c1. The van der Waals surface area contributed by atoms with Gasteiger partial charge in [-0.15, -0.1) is 0 Å². The Bertz CT molecular complexity index is 1040. The number of furan rings is 1. The van der Waals surface area contributed by atoms with Gasteiger partial charge in [-0.05, 0) is 30.3 Å². The van der Waals surface area contributed by atoms with Gasteiger partial charge in [-0.2, -0.15) is 22.5 Å². The highest BCUT2D eigenvalue weighted by atomic mass is 19.2. The Balaban J connectivity index is 1.82. The van der Waals surface area contributed by atoms with Crippen molar-refractivity contribution in [1.29, 1.82) is 0 Å². The van der Waals surface area contributed by atoms with Gasteiger partial charge in [0.25, 0.3) is 17.8 Å². The van der Waals surface area contributed by atoms with Gasteiger partial charge in [0, 0.05) is 12.0 Å². The van der Waals surface area contributed by atoms with Crippen LogP contribution in [0.5, 0.6) is 11.5 Å². The number of hydrogen-bond acceptors (Lipinski definition) is 5. The first-order valence-corrected chi connectivity index (χ1v) is 8.15. The molecule has 2 heterocycles. The highest BCUT2D eigenvalue weighted by Gasteiger charge is 2.24. The lowest BCUT2D eigenvalue weighted by Crippen LogP contribution is -2.16. The maximum Gasteiger partial charge on any atom is 0.291 e. The van der Waals surface area contributed by atoms with E-state index < -0.39 is 35.1 Å². The fraction of sp³-hybridized carbons (Fsp3) is 0.158. The lowest BCUT2D eigenvalue weighted by Gasteiger charge is -2.09. The zero-order valence-electron chi connectivity index (χ0n) is 15.2. The molecule has 6 nitrogen and oxygen atoms in total. The van der Waals surface area contributed by atoms with Crippen molar-refractivity contribution < 1.29 is 36.2 Å². The van der Waals surface area contributed by atoms with E-state index in [1.807, 2.05) is 0 Å². The van der Waals surface area contributed by atoms with Gasteiger partial charge in [0.2, 0.25) is 11.6 Å². The third kappa shape index (κ3) is 4.15. The first-order chi connectivity index (χ1) is 13.8. The zero-order chi connectivity index (χ0) is 21.1. The number of amides is 1. The van der Waals surface area contributed by atoms with Crippen LogP contribution >= 0.6 is 0 Å². The molecule has 0 aliphatic carbocycles. The summed E-state index contributed by atoms with van der Waals surface area (Å²) in [5.41, 5.74) is -0.601. The molecule has 0 aliphatic heterocycles. The molecule has 0 unspecified atom stereocenters. The number of anilines is 1. The quantitative estimate of drug-likeness (QED) is 0.490. The molecule has 152 valence electrons. The summed E-state index contributed by atoms with van der Waals surface area (Å²) in [5.74, 6) is -7.38. The molecule has 29 heavy (non-hydrogen) atoms. The molecule has 0 atom stereocenters. The van der Waals surface area contributed by atoms with E-state index in [1.165, 1.54) is 26.4 Å². The largest absolute Gasteiger partial charge is 0.497 e. The van der Waals surface area contributed by atoms with Crippen LogP contribution in [0.15, 0.2) is 34.7 Å². The summed E-state index contributed by atoms with van der Waals surface area (Å²) in [6, 6.07) is 7.84. The van der Waals surface area contributed by atoms with Crippen molar-refractivity contribution >= 4 is 11.6 Å². The van der Waals surface area contributed by atoms with Crippen LogP contribution in [0.4, 0.5) is 23.2 Å². The van der Waals surface area contributed by atoms with Gasteiger partial charge in [-0.1, -0.05) is 0 Å². The van der Waals surface area contributed by atoms with Crippen molar-refractivity contribution in [1.82, 2.24) is 4.98 Å². The summed E-state index contributed by atoms with van der Waals surface area (Å²) in [6.07, 6.45) is 0.217. The van der Waals surface area contributed by atoms with Gasteiger partial charge < -0.3 is 19.2 Å². The monoisotopic (exact) mass is 410 g/mol. The van der Waals surface area contributed by atoms with Gasteiger partial charge in [-0.3, -0.25) is 4.79 Å². The van der Waals surface area contributed by atoms with E-state index in [0.717, 1.165) is 0 Å². The second kappa shape index (κ2) is 8.21. The van der Waals surface area contributed by atoms with Gasteiger partial charge >= 0.3 is 0 Å². The molecular weight excluding hydrogens is 396 g/mol. The number of carbonyl (C=O) groups excluding carboxylic acids is 1. The first-order valence-electron chi connectivity index (χ1n) is 8.15. The number of nitrogens with one attached hydrogen (secondary N) is 1. The normalized spacial score (nSPS) is 10.7. The molecule has 0 aliphatic rings. The van der Waals surface area contributed by atoms with Gasteiger partial charge in [0.05, 0.1) is 14.2 Å². The molecule has 0 fully saturated rings. The minimum atomic E-state index is -1.88. The van der Waals surface area contributed by atoms with E-state index in [4.69, 9.17) is 13.9 Å². The van der Waals surface area contributed by atoms with Crippen LogP contribution in [0.1, 0.15) is 21.9 Å². The van der Waals surface area contributed by atoms with Crippen molar-refractivity contribution in [3.63, 3.8) is 0 Å². The number of halogens is 4.